The number of hydrogen-bond donors (Lipinski definition) is 2. The second-order valence-electron chi connectivity index (χ2n) is 6.75. The number of carbonyl (C=O) groups is 2. The number of ether oxygens (including phenoxy) is 1. The zero-order chi connectivity index (χ0) is 18.6. The molecule has 144 valence electrons. The Hall–Kier alpha value is -1.69. The smallest absolute Gasteiger partial charge is 0.258 e. The molecule has 0 heterocycles. The standard InChI is InChI=1S/C20H30N2O3S/c1-26-13-12-18(20(24)21-14-16-8-4-2-5-9-16)22-19(23)15-25-17-10-6-3-7-11-17/h3,6-7,10-11,16,18H,2,4-5,8-9,12-15H2,1H3,(H,21,24)(H,22,23). The van der Waals surface area contributed by atoms with Crippen LogP contribution in [0.2, 0.25) is 0 Å². The zero-order valence-corrected chi connectivity index (χ0v) is 16.4. The van der Waals surface area contributed by atoms with Gasteiger partial charge in [0.15, 0.2) is 6.61 Å². The molecule has 1 aliphatic rings. The van der Waals surface area contributed by atoms with Crippen molar-refractivity contribution in [3.63, 3.8) is 0 Å². The van der Waals surface area contributed by atoms with Crippen LogP contribution in [0.25, 0.3) is 0 Å². The van der Waals surface area contributed by atoms with Crippen LogP contribution in [0.4, 0.5) is 0 Å². The fourth-order valence-electron chi connectivity index (χ4n) is 3.17. The van der Waals surface area contributed by atoms with Gasteiger partial charge in [0.2, 0.25) is 5.91 Å². The Balaban J connectivity index is 1.78. The van der Waals surface area contributed by atoms with Gasteiger partial charge in [-0.25, -0.2) is 0 Å². The van der Waals surface area contributed by atoms with Gasteiger partial charge in [0, 0.05) is 6.54 Å². The van der Waals surface area contributed by atoms with Crippen LogP contribution in [0.1, 0.15) is 38.5 Å². The van der Waals surface area contributed by atoms with Crippen LogP contribution in [0, 0.1) is 5.92 Å². The minimum atomic E-state index is -0.502. The molecule has 6 heteroatoms. The first-order valence-electron chi connectivity index (χ1n) is 9.43. The number of benzene rings is 1. The van der Waals surface area contributed by atoms with E-state index >= 15 is 0 Å². The molecule has 2 rings (SSSR count). The zero-order valence-electron chi connectivity index (χ0n) is 15.5. The van der Waals surface area contributed by atoms with Crippen LogP contribution < -0.4 is 15.4 Å². The molecule has 2 N–H and O–H groups in total. The number of carbonyl (C=O) groups excluding carboxylic acids is 2. The third-order valence-corrected chi connectivity index (χ3v) is 5.31. The van der Waals surface area contributed by atoms with Crippen LogP contribution in [-0.4, -0.2) is 43.0 Å². The van der Waals surface area contributed by atoms with Gasteiger partial charge in [0.05, 0.1) is 0 Å². The molecule has 0 aromatic heterocycles. The number of thioether (sulfide) groups is 1. The van der Waals surface area contributed by atoms with Gasteiger partial charge in [-0.05, 0) is 49.3 Å². The molecule has 2 amide bonds. The number of para-hydroxylation sites is 1. The third-order valence-electron chi connectivity index (χ3n) is 4.67. The average Bonchev–Trinajstić information content (AvgIpc) is 2.69. The number of hydrogen-bond acceptors (Lipinski definition) is 4. The van der Waals surface area contributed by atoms with Gasteiger partial charge >= 0.3 is 0 Å². The van der Waals surface area contributed by atoms with Crippen molar-refractivity contribution in [2.45, 2.75) is 44.6 Å². The molecule has 0 bridgehead atoms. The molecule has 1 unspecified atom stereocenters. The Morgan fingerprint density at radius 3 is 2.62 bits per heavy atom. The second-order valence-corrected chi connectivity index (χ2v) is 7.74. The maximum Gasteiger partial charge on any atom is 0.258 e. The second kappa shape index (κ2) is 11.8. The van der Waals surface area contributed by atoms with E-state index in [1.807, 2.05) is 24.5 Å². The van der Waals surface area contributed by atoms with E-state index in [2.05, 4.69) is 10.6 Å². The summed E-state index contributed by atoms with van der Waals surface area (Å²) >= 11 is 1.67. The lowest BCUT2D eigenvalue weighted by Crippen LogP contribution is -2.49. The van der Waals surface area contributed by atoms with E-state index in [1.165, 1.54) is 32.1 Å². The van der Waals surface area contributed by atoms with Gasteiger partial charge < -0.3 is 15.4 Å². The molecule has 0 aliphatic heterocycles. The molecule has 1 aromatic carbocycles. The number of rotatable bonds is 10. The van der Waals surface area contributed by atoms with Crippen LogP contribution in [0.15, 0.2) is 30.3 Å². The fraction of sp³-hybridized carbons (Fsp3) is 0.600. The summed E-state index contributed by atoms with van der Waals surface area (Å²) in [6.45, 7) is 0.626. The Morgan fingerprint density at radius 1 is 1.19 bits per heavy atom. The molecule has 0 saturated heterocycles. The quantitative estimate of drug-likeness (QED) is 0.657. The number of amides is 2. The highest BCUT2D eigenvalue weighted by molar-refractivity contribution is 7.98. The molecule has 1 atom stereocenters. The topological polar surface area (TPSA) is 67.4 Å². The highest BCUT2D eigenvalue weighted by Crippen LogP contribution is 2.22. The summed E-state index contributed by atoms with van der Waals surface area (Å²) in [4.78, 5) is 24.7. The lowest BCUT2D eigenvalue weighted by Gasteiger charge is -2.24. The highest BCUT2D eigenvalue weighted by atomic mass is 32.2. The minimum absolute atomic E-state index is 0.0855. The largest absolute Gasteiger partial charge is 0.484 e. The van der Waals surface area contributed by atoms with Crippen LogP contribution in [0.5, 0.6) is 5.75 Å². The first-order valence-corrected chi connectivity index (χ1v) is 10.8. The molecule has 0 spiro atoms. The van der Waals surface area contributed by atoms with E-state index in [0.29, 0.717) is 24.6 Å². The van der Waals surface area contributed by atoms with Crippen molar-refractivity contribution in [2.75, 3.05) is 25.2 Å². The maximum atomic E-state index is 12.5. The first-order chi connectivity index (χ1) is 12.7. The van der Waals surface area contributed by atoms with E-state index in [4.69, 9.17) is 4.74 Å². The highest BCUT2D eigenvalue weighted by Gasteiger charge is 2.22. The van der Waals surface area contributed by atoms with Crippen molar-refractivity contribution >= 4 is 23.6 Å². The monoisotopic (exact) mass is 378 g/mol. The molecule has 1 aromatic rings. The van der Waals surface area contributed by atoms with E-state index < -0.39 is 6.04 Å². The number of nitrogens with one attached hydrogen (secondary N) is 2. The summed E-state index contributed by atoms with van der Waals surface area (Å²) < 4.78 is 5.46. The van der Waals surface area contributed by atoms with Gasteiger partial charge in [-0.1, -0.05) is 37.5 Å². The average molecular weight is 379 g/mol. The summed E-state index contributed by atoms with van der Waals surface area (Å²) in [6.07, 6.45) is 8.80. The Labute approximate surface area is 160 Å². The molecule has 0 radical (unpaired) electrons. The predicted molar refractivity (Wildman–Crippen MR) is 106 cm³/mol. The third kappa shape index (κ3) is 7.68. The minimum Gasteiger partial charge on any atom is -0.484 e. The van der Waals surface area contributed by atoms with E-state index in [9.17, 15) is 9.59 Å². The van der Waals surface area contributed by atoms with Gasteiger partial charge in [-0.3, -0.25) is 9.59 Å². The summed E-state index contributed by atoms with van der Waals surface area (Å²) in [5.41, 5.74) is 0. The van der Waals surface area contributed by atoms with E-state index in [1.54, 1.807) is 23.9 Å². The predicted octanol–water partition coefficient (Wildman–Crippen LogP) is 3.00. The van der Waals surface area contributed by atoms with Crippen molar-refractivity contribution < 1.29 is 14.3 Å². The fourth-order valence-corrected chi connectivity index (χ4v) is 3.64. The molecular weight excluding hydrogens is 348 g/mol. The van der Waals surface area contributed by atoms with Crippen molar-refractivity contribution in [1.82, 2.24) is 10.6 Å². The van der Waals surface area contributed by atoms with Gasteiger partial charge in [0.1, 0.15) is 11.8 Å². The lowest BCUT2D eigenvalue weighted by atomic mass is 9.89. The molecule has 1 aliphatic carbocycles. The Bertz CT molecular complexity index is 547. The summed E-state index contributed by atoms with van der Waals surface area (Å²) in [7, 11) is 0. The molecule has 1 fully saturated rings. The van der Waals surface area contributed by atoms with Crippen LogP contribution >= 0.6 is 11.8 Å². The summed E-state index contributed by atoms with van der Waals surface area (Å²) in [5.74, 6) is 1.68. The SMILES string of the molecule is CSCCC(NC(=O)COc1ccccc1)C(=O)NCC1CCCCC1. The van der Waals surface area contributed by atoms with Crippen molar-refractivity contribution in [3.8, 4) is 5.75 Å². The summed E-state index contributed by atoms with van der Waals surface area (Å²) in [5, 5.41) is 5.86. The van der Waals surface area contributed by atoms with E-state index in [-0.39, 0.29) is 18.4 Å². The molecule has 26 heavy (non-hydrogen) atoms. The van der Waals surface area contributed by atoms with Crippen molar-refractivity contribution in [1.29, 1.82) is 0 Å². The molecular formula is C20H30N2O3S. The van der Waals surface area contributed by atoms with Crippen LogP contribution in [0.3, 0.4) is 0 Å². The van der Waals surface area contributed by atoms with Gasteiger partial charge in [-0.2, -0.15) is 11.8 Å². The lowest BCUT2D eigenvalue weighted by molar-refractivity contribution is -0.130. The van der Waals surface area contributed by atoms with E-state index in [0.717, 1.165) is 5.75 Å². The van der Waals surface area contributed by atoms with Crippen molar-refractivity contribution in [3.05, 3.63) is 30.3 Å². The summed E-state index contributed by atoms with van der Waals surface area (Å²) in [6, 6.07) is 8.70. The molecule has 5 nitrogen and oxygen atoms in total. The van der Waals surface area contributed by atoms with Crippen LogP contribution in [-0.2, 0) is 9.59 Å². The Kier molecular flexibility index (Phi) is 9.39. The Morgan fingerprint density at radius 2 is 1.92 bits per heavy atom. The van der Waals surface area contributed by atoms with Gasteiger partial charge in [-0.15, -0.1) is 0 Å². The van der Waals surface area contributed by atoms with Gasteiger partial charge in [0.25, 0.3) is 5.91 Å². The normalized spacial score (nSPS) is 15.9. The first kappa shape index (κ1) is 20.6. The maximum absolute atomic E-state index is 12.5. The molecule has 1 saturated carbocycles. The van der Waals surface area contributed by atoms with Crippen molar-refractivity contribution in [2.24, 2.45) is 5.92 Å².